The fourth-order valence-electron chi connectivity index (χ4n) is 4.32. The molecule has 0 aliphatic carbocycles. The number of carbonyl (C=O) groups excluding carboxylic acids is 4. The molecule has 0 N–H and O–H groups in total. The number of aryl methyl sites for hydroxylation is 1. The summed E-state index contributed by atoms with van der Waals surface area (Å²) in [5.41, 5.74) is 2.91. The summed E-state index contributed by atoms with van der Waals surface area (Å²) in [7, 11) is 0. The van der Waals surface area contributed by atoms with Crippen LogP contribution in [0.5, 0.6) is 11.5 Å². The zero-order valence-electron chi connectivity index (χ0n) is 21.6. The van der Waals surface area contributed by atoms with Crippen molar-refractivity contribution >= 4 is 40.6 Å². The average molecular weight is 540 g/mol. The lowest BCUT2D eigenvalue weighted by atomic mass is 10.0. The number of hydrogen-bond acceptors (Lipinski definition) is 7. The first kappa shape index (κ1) is 26.1. The number of thiophene rings is 1. The van der Waals surface area contributed by atoms with Gasteiger partial charge in [0.15, 0.2) is 6.61 Å². The third kappa shape index (κ3) is 5.24. The third-order valence-corrected chi connectivity index (χ3v) is 7.28. The summed E-state index contributed by atoms with van der Waals surface area (Å²) in [6.45, 7) is 5.78. The van der Waals surface area contributed by atoms with Crippen molar-refractivity contribution in [3.63, 3.8) is 0 Å². The van der Waals surface area contributed by atoms with Gasteiger partial charge in [0.25, 0.3) is 11.8 Å². The van der Waals surface area contributed by atoms with E-state index in [1.807, 2.05) is 25.1 Å². The number of rotatable bonds is 8. The molecule has 0 unspecified atom stereocenters. The molecule has 1 aliphatic heterocycles. The molecule has 1 aliphatic rings. The zero-order valence-corrected chi connectivity index (χ0v) is 22.4. The molecule has 0 bridgehead atoms. The van der Waals surface area contributed by atoms with Gasteiger partial charge in [-0.1, -0.05) is 32.0 Å². The number of carbonyl (C=O) groups is 4. The number of nitrogens with zero attached hydrogens (tertiary/aromatic N) is 1. The fraction of sp³-hybridized carbons (Fsp3) is 0.161. The van der Waals surface area contributed by atoms with Crippen LogP contribution in [0.3, 0.4) is 0 Å². The minimum Gasteiger partial charge on any atom is -0.457 e. The van der Waals surface area contributed by atoms with E-state index in [0.29, 0.717) is 16.3 Å². The number of benzene rings is 3. The van der Waals surface area contributed by atoms with E-state index >= 15 is 0 Å². The van der Waals surface area contributed by atoms with Crippen LogP contribution in [-0.2, 0) is 4.74 Å². The van der Waals surface area contributed by atoms with Crippen molar-refractivity contribution in [2.75, 3.05) is 11.5 Å². The predicted molar refractivity (Wildman–Crippen MR) is 148 cm³/mol. The highest BCUT2D eigenvalue weighted by molar-refractivity contribution is 7.12. The number of hydrogen-bond donors (Lipinski definition) is 0. The molecule has 196 valence electrons. The van der Waals surface area contributed by atoms with Gasteiger partial charge in [-0.3, -0.25) is 14.4 Å². The molecular formula is C31H25NO6S. The van der Waals surface area contributed by atoms with E-state index < -0.39 is 24.4 Å². The quantitative estimate of drug-likeness (QED) is 0.139. The van der Waals surface area contributed by atoms with Crippen LogP contribution in [0, 0.1) is 6.92 Å². The minimum atomic E-state index is -0.750. The highest BCUT2D eigenvalue weighted by atomic mass is 32.1. The van der Waals surface area contributed by atoms with Crippen LogP contribution >= 0.6 is 11.3 Å². The van der Waals surface area contributed by atoms with Crippen LogP contribution in [0.1, 0.15) is 71.6 Å². The van der Waals surface area contributed by atoms with Crippen LogP contribution in [0.2, 0.25) is 0 Å². The smallest absolute Gasteiger partial charge is 0.338 e. The topological polar surface area (TPSA) is 90.0 Å². The molecule has 0 fully saturated rings. The highest BCUT2D eigenvalue weighted by Gasteiger charge is 2.37. The number of anilines is 1. The molecule has 0 spiro atoms. The SMILES string of the molecule is Cc1ccc(C(C)C)c(Oc2ccc(N3C(=O)c4ccc(C(=O)OCC(=O)c5cccs5)cc4C3=O)cc2)c1. The molecule has 8 heteroatoms. The standard InChI is InChI=1S/C31H25NO6S/c1-18(2)23-12-6-19(3)15-27(23)38-22-10-8-21(9-11-22)32-29(34)24-13-7-20(16-25(24)30(32)35)31(36)37-17-26(33)28-5-4-14-39-28/h4-16,18H,17H2,1-3H3. The van der Waals surface area contributed by atoms with E-state index in [1.165, 1.54) is 29.5 Å². The molecule has 2 amide bonds. The molecule has 0 atom stereocenters. The van der Waals surface area contributed by atoms with Crippen LogP contribution in [0.25, 0.3) is 0 Å². The lowest BCUT2D eigenvalue weighted by Crippen LogP contribution is -2.29. The zero-order chi connectivity index (χ0) is 27.7. The van der Waals surface area contributed by atoms with E-state index in [4.69, 9.17) is 9.47 Å². The van der Waals surface area contributed by atoms with Crippen molar-refractivity contribution in [2.24, 2.45) is 0 Å². The molecule has 1 aromatic heterocycles. The summed E-state index contributed by atoms with van der Waals surface area (Å²) >= 11 is 1.26. The van der Waals surface area contributed by atoms with Crippen LogP contribution in [-0.4, -0.2) is 30.2 Å². The number of imide groups is 1. The summed E-state index contributed by atoms with van der Waals surface area (Å²) in [6.07, 6.45) is 0. The first-order valence-electron chi connectivity index (χ1n) is 12.4. The summed E-state index contributed by atoms with van der Waals surface area (Å²) in [6, 6.07) is 20.3. The normalized spacial score (nSPS) is 12.6. The van der Waals surface area contributed by atoms with Gasteiger partial charge in [0.1, 0.15) is 11.5 Å². The number of ketones is 1. The van der Waals surface area contributed by atoms with Crippen molar-refractivity contribution in [1.29, 1.82) is 0 Å². The van der Waals surface area contributed by atoms with Gasteiger partial charge in [0, 0.05) is 0 Å². The monoisotopic (exact) mass is 539 g/mol. The van der Waals surface area contributed by atoms with Gasteiger partial charge >= 0.3 is 5.97 Å². The fourth-order valence-corrected chi connectivity index (χ4v) is 4.97. The molecule has 4 aromatic rings. The van der Waals surface area contributed by atoms with E-state index in [0.717, 1.165) is 21.8 Å². The number of Topliss-reactive ketones (excluding diaryl/α,β-unsaturated/α-hetero) is 1. The second-order valence-electron chi connectivity index (χ2n) is 9.47. The van der Waals surface area contributed by atoms with Crippen LogP contribution < -0.4 is 9.64 Å². The predicted octanol–water partition coefficient (Wildman–Crippen LogP) is 6.81. The third-order valence-electron chi connectivity index (χ3n) is 6.37. The van der Waals surface area contributed by atoms with Crippen molar-refractivity contribution < 1.29 is 28.7 Å². The first-order chi connectivity index (χ1) is 18.7. The van der Waals surface area contributed by atoms with Gasteiger partial charge in [0.05, 0.1) is 27.3 Å². The molecule has 0 saturated carbocycles. The van der Waals surface area contributed by atoms with Gasteiger partial charge in [-0.2, -0.15) is 0 Å². The maximum absolute atomic E-state index is 13.2. The van der Waals surface area contributed by atoms with Crippen molar-refractivity contribution in [2.45, 2.75) is 26.7 Å². The Morgan fingerprint density at radius 2 is 1.64 bits per heavy atom. The summed E-state index contributed by atoms with van der Waals surface area (Å²) in [5, 5.41) is 1.76. The minimum absolute atomic E-state index is 0.0820. The van der Waals surface area contributed by atoms with E-state index in [9.17, 15) is 19.2 Å². The van der Waals surface area contributed by atoms with E-state index in [2.05, 4.69) is 13.8 Å². The summed E-state index contributed by atoms with van der Waals surface area (Å²) in [4.78, 5) is 52.5. The Hall–Kier alpha value is -4.56. The molecule has 3 aromatic carbocycles. The Balaban J connectivity index is 1.31. The number of esters is 1. The second kappa shape index (κ2) is 10.7. The van der Waals surface area contributed by atoms with Crippen molar-refractivity contribution in [3.8, 4) is 11.5 Å². The molecule has 0 saturated heterocycles. The van der Waals surface area contributed by atoms with Gasteiger partial charge in [-0.15, -0.1) is 11.3 Å². The Morgan fingerprint density at radius 3 is 2.33 bits per heavy atom. The lowest BCUT2D eigenvalue weighted by Gasteiger charge is -2.16. The highest BCUT2D eigenvalue weighted by Crippen LogP contribution is 2.34. The maximum atomic E-state index is 13.2. The van der Waals surface area contributed by atoms with Crippen LogP contribution in [0.15, 0.2) is 78.2 Å². The Labute approximate surface area is 229 Å². The Kier molecular flexibility index (Phi) is 7.13. The molecule has 39 heavy (non-hydrogen) atoms. The summed E-state index contributed by atoms with van der Waals surface area (Å²) in [5.74, 6) is -0.486. The van der Waals surface area contributed by atoms with Gasteiger partial charge in [-0.25, -0.2) is 9.69 Å². The second-order valence-corrected chi connectivity index (χ2v) is 10.4. The van der Waals surface area contributed by atoms with E-state index in [-0.39, 0.29) is 28.4 Å². The largest absolute Gasteiger partial charge is 0.457 e. The van der Waals surface area contributed by atoms with Gasteiger partial charge < -0.3 is 9.47 Å². The van der Waals surface area contributed by atoms with Gasteiger partial charge in [-0.05, 0) is 83.9 Å². The number of ether oxygens (including phenoxy) is 2. The summed E-state index contributed by atoms with van der Waals surface area (Å²) < 4.78 is 11.3. The van der Waals surface area contributed by atoms with Crippen molar-refractivity contribution in [3.05, 3.63) is 111 Å². The lowest BCUT2D eigenvalue weighted by molar-refractivity contribution is 0.0475. The molecule has 7 nitrogen and oxygen atoms in total. The van der Waals surface area contributed by atoms with Crippen LogP contribution in [0.4, 0.5) is 5.69 Å². The van der Waals surface area contributed by atoms with E-state index in [1.54, 1.807) is 41.8 Å². The molecule has 2 heterocycles. The molecule has 5 rings (SSSR count). The van der Waals surface area contributed by atoms with Gasteiger partial charge in [0.2, 0.25) is 5.78 Å². The Morgan fingerprint density at radius 1 is 0.897 bits per heavy atom. The maximum Gasteiger partial charge on any atom is 0.338 e. The first-order valence-corrected chi connectivity index (χ1v) is 13.3. The number of amides is 2. The molecular weight excluding hydrogens is 514 g/mol. The number of fused-ring (bicyclic) bond motifs is 1. The van der Waals surface area contributed by atoms with Crippen molar-refractivity contribution in [1.82, 2.24) is 0 Å². The average Bonchev–Trinajstić information content (AvgIpc) is 3.55. The molecule has 0 radical (unpaired) electrons. The Bertz CT molecular complexity index is 1590.